The molecule has 1 atom stereocenters. The zero-order valence-corrected chi connectivity index (χ0v) is 14.1. The second kappa shape index (κ2) is 7.38. The lowest BCUT2D eigenvalue weighted by molar-refractivity contribution is -0.140. The van der Waals surface area contributed by atoms with E-state index in [2.05, 4.69) is 55.0 Å². The Labute approximate surface area is 124 Å². The number of hydrogen-bond acceptors (Lipinski definition) is 4. The summed E-state index contributed by atoms with van der Waals surface area (Å²) in [7, 11) is 8.12. The molecular weight excluding hydrogens is 252 g/mol. The molecule has 1 saturated heterocycles. The smallest absolute Gasteiger partial charge is 0.241 e. The molecule has 1 amide bonds. The molecule has 0 radical (unpaired) electrons. The number of nitrogens with zero attached hydrogens (tertiary/aromatic N) is 3. The molecule has 0 spiro atoms. The Morgan fingerprint density at radius 3 is 2.50 bits per heavy atom. The first-order valence-corrected chi connectivity index (χ1v) is 7.60. The molecule has 20 heavy (non-hydrogen) atoms. The molecule has 0 aromatic heterocycles. The molecule has 1 heterocycles. The normalized spacial score (nSPS) is 23.5. The van der Waals surface area contributed by atoms with Crippen molar-refractivity contribution < 1.29 is 4.79 Å². The number of nitrogens with one attached hydrogen (secondary N) is 1. The fourth-order valence-corrected chi connectivity index (χ4v) is 2.70. The highest BCUT2D eigenvalue weighted by molar-refractivity contribution is 5.82. The van der Waals surface area contributed by atoms with Crippen molar-refractivity contribution in [2.75, 3.05) is 47.9 Å². The van der Waals surface area contributed by atoms with Gasteiger partial charge in [-0.1, -0.05) is 0 Å². The van der Waals surface area contributed by atoms with Gasteiger partial charge in [0.15, 0.2) is 0 Å². The van der Waals surface area contributed by atoms with Gasteiger partial charge in [-0.25, -0.2) is 0 Å². The van der Waals surface area contributed by atoms with Crippen LogP contribution in [0.4, 0.5) is 0 Å². The molecule has 0 aromatic carbocycles. The van der Waals surface area contributed by atoms with Crippen molar-refractivity contribution in [2.24, 2.45) is 0 Å². The van der Waals surface area contributed by atoms with Gasteiger partial charge in [-0.15, -0.1) is 0 Å². The Hall–Kier alpha value is -0.650. The molecule has 0 aliphatic carbocycles. The van der Waals surface area contributed by atoms with Gasteiger partial charge in [-0.3, -0.25) is 9.69 Å². The number of amides is 1. The summed E-state index contributed by atoms with van der Waals surface area (Å²) in [6.45, 7) is 7.05. The van der Waals surface area contributed by atoms with Crippen LogP contribution < -0.4 is 5.32 Å². The monoisotopic (exact) mass is 284 g/mol. The van der Waals surface area contributed by atoms with E-state index >= 15 is 0 Å². The summed E-state index contributed by atoms with van der Waals surface area (Å²) in [6.07, 6.45) is 3.11. The molecule has 1 rings (SSSR count). The lowest BCUT2D eigenvalue weighted by atomic mass is 9.97. The van der Waals surface area contributed by atoms with E-state index in [1.54, 1.807) is 0 Å². The largest absolute Gasteiger partial charge is 0.323 e. The van der Waals surface area contributed by atoms with Crippen LogP contribution in [0, 0.1) is 0 Å². The molecule has 5 heteroatoms. The van der Waals surface area contributed by atoms with Gasteiger partial charge in [0.1, 0.15) is 0 Å². The number of hydrogen-bond donors (Lipinski definition) is 1. The number of rotatable bonds is 6. The summed E-state index contributed by atoms with van der Waals surface area (Å²) >= 11 is 0. The Kier molecular flexibility index (Phi) is 6.43. The highest BCUT2D eigenvalue weighted by Gasteiger charge is 2.37. The van der Waals surface area contributed by atoms with Crippen molar-refractivity contribution in [1.29, 1.82) is 0 Å². The van der Waals surface area contributed by atoms with Crippen LogP contribution in [0.2, 0.25) is 0 Å². The second-order valence-electron chi connectivity index (χ2n) is 6.84. The molecule has 118 valence electrons. The zero-order chi connectivity index (χ0) is 15.3. The predicted octanol–water partition coefficient (Wildman–Crippen LogP) is 0.816. The van der Waals surface area contributed by atoms with E-state index in [9.17, 15) is 4.79 Å². The van der Waals surface area contributed by atoms with Crippen molar-refractivity contribution >= 4 is 5.91 Å². The molecule has 1 aliphatic heterocycles. The number of likely N-dealkylation sites (N-methyl/N-ethyl adjacent to an activating group) is 3. The average molecular weight is 284 g/mol. The van der Waals surface area contributed by atoms with Gasteiger partial charge >= 0.3 is 0 Å². The first-order valence-electron chi connectivity index (χ1n) is 7.60. The van der Waals surface area contributed by atoms with Crippen LogP contribution in [-0.4, -0.2) is 80.1 Å². The number of likely N-dealkylation sites (tertiary alicyclic amines) is 1. The van der Waals surface area contributed by atoms with Crippen LogP contribution in [-0.2, 0) is 4.79 Å². The van der Waals surface area contributed by atoms with E-state index in [0.29, 0.717) is 6.67 Å². The topological polar surface area (TPSA) is 38.8 Å². The third kappa shape index (κ3) is 4.72. The van der Waals surface area contributed by atoms with Crippen molar-refractivity contribution in [3.05, 3.63) is 0 Å². The minimum absolute atomic E-state index is 0.0287. The van der Waals surface area contributed by atoms with Crippen LogP contribution in [0.3, 0.4) is 0 Å². The van der Waals surface area contributed by atoms with Crippen LogP contribution in [0.25, 0.3) is 0 Å². The van der Waals surface area contributed by atoms with Gasteiger partial charge in [-0.05, 0) is 61.3 Å². The Balaban J connectivity index is 2.72. The van der Waals surface area contributed by atoms with E-state index in [-0.39, 0.29) is 17.5 Å². The van der Waals surface area contributed by atoms with Crippen LogP contribution in [0.15, 0.2) is 0 Å². The van der Waals surface area contributed by atoms with Crippen molar-refractivity contribution in [2.45, 2.75) is 44.7 Å². The van der Waals surface area contributed by atoms with E-state index < -0.39 is 0 Å². The Morgan fingerprint density at radius 2 is 1.95 bits per heavy atom. The summed E-state index contributed by atoms with van der Waals surface area (Å²) < 4.78 is 0. The maximum absolute atomic E-state index is 12.7. The summed E-state index contributed by atoms with van der Waals surface area (Å²) in [5.41, 5.74) is -0.0605. The van der Waals surface area contributed by atoms with E-state index in [1.165, 1.54) is 0 Å². The van der Waals surface area contributed by atoms with Crippen LogP contribution >= 0.6 is 0 Å². The SMILES string of the molecule is CNC1CCCC(C)(C)N(CN(C)CCN(C)C)C1=O. The molecular formula is C15H32N4O. The van der Waals surface area contributed by atoms with E-state index in [1.807, 2.05) is 7.05 Å². The maximum atomic E-state index is 12.7. The summed E-state index contributed by atoms with van der Waals surface area (Å²) in [4.78, 5) is 19.1. The molecule has 1 N–H and O–H groups in total. The standard InChI is InChI=1S/C15H32N4O/c1-15(2)9-7-8-13(16-3)14(20)19(15)12-18(6)11-10-17(4)5/h13,16H,7-12H2,1-6H3. The number of carbonyl (C=O) groups is 1. The minimum atomic E-state index is -0.0605. The van der Waals surface area contributed by atoms with Gasteiger partial charge in [-0.2, -0.15) is 0 Å². The molecule has 1 aliphatic rings. The van der Waals surface area contributed by atoms with Gasteiger partial charge in [0.25, 0.3) is 0 Å². The highest BCUT2D eigenvalue weighted by atomic mass is 16.2. The summed E-state index contributed by atoms with van der Waals surface area (Å²) in [6, 6.07) is -0.0287. The number of carbonyl (C=O) groups excluding carboxylic acids is 1. The van der Waals surface area contributed by atoms with Gasteiger partial charge in [0, 0.05) is 18.6 Å². The third-order valence-electron chi connectivity index (χ3n) is 4.24. The first-order chi connectivity index (χ1) is 9.27. The van der Waals surface area contributed by atoms with Crippen molar-refractivity contribution in [3.63, 3.8) is 0 Å². The molecule has 1 unspecified atom stereocenters. The molecule has 5 nitrogen and oxygen atoms in total. The van der Waals surface area contributed by atoms with Gasteiger partial charge in [0.2, 0.25) is 5.91 Å². The summed E-state index contributed by atoms with van der Waals surface area (Å²) in [5, 5.41) is 3.17. The first kappa shape index (κ1) is 17.4. The maximum Gasteiger partial charge on any atom is 0.241 e. The highest BCUT2D eigenvalue weighted by Crippen LogP contribution is 2.27. The van der Waals surface area contributed by atoms with Gasteiger partial charge < -0.3 is 15.1 Å². The lowest BCUT2D eigenvalue weighted by Gasteiger charge is -2.40. The minimum Gasteiger partial charge on any atom is -0.323 e. The third-order valence-corrected chi connectivity index (χ3v) is 4.24. The van der Waals surface area contributed by atoms with Crippen molar-refractivity contribution in [1.82, 2.24) is 20.0 Å². The second-order valence-corrected chi connectivity index (χ2v) is 6.84. The fraction of sp³-hybridized carbons (Fsp3) is 0.933. The Morgan fingerprint density at radius 1 is 1.30 bits per heavy atom. The molecule has 0 saturated carbocycles. The van der Waals surface area contributed by atoms with E-state index in [4.69, 9.17) is 0 Å². The molecule has 0 aromatic rings. The fourth-order valence-electron chi connectivity index (χ4n) is 2.70. The molecule has 0 bridgehead atoms. The molecule has 1 fully saturated rings. The van der Waals surface area contributed by atoms with E-state index in [0.717, 1.165) is 32.4 Å². The van der Waals surface area contributed by atoms with Crippen molar-refractivity contribution in [3.8, 4) is 0 Å². The van der Waals surface area contributed by atoms with Gasteiger partial charge in [0.05, 0.1) is 12.7 Å². The lowest BCUT2D eigenvalue weighted by Crippen LogP contribution is -2.55. The average Bonchev–Trinajstić information content (AvgIpc) is 2.46. The zero-order valence-electron chi connectivity index (χ0n) is 14.1. The Bertz CT molecular complexity index is 317. The van der Waals surface area contributed by atoms with Crippen LogP contribution in [0.1, 0.15) is 33.1 Å². The van der Waals surface area contributed by atoms with Crippen LogP contribution in [0.5, 0.6) is 0 Å². The predicted molar refractivity (Wildman–Crippen MR) is 83.7 cm³/mol. The summed E-state index contributed by atoms with van der Waals surface area (Å²) in [5.74, 6) is 0.242. The quantitative estimate of drug-likeness (QED) is 0.784.